The number of aliphatic hydroxyl groups is 3. The molecular formula is C27H40O3. The first kappa shape index (κ1) is 24.6. The van der Waals surface area contributed by atoms with Crippen molar-refractivity contribution in [1.82, 2.24) is 0 Å². The first-order valence-corrected chi connectivity index (χ1v) is 11.4. The van der Waals surface area contributed by atoms with E-state index in [1.165, 1.54) is 11.1 Å². The molecule has 2 aromatic rings. The van der Waals surface area contributed by atoms with Crippen molar-refractivity contribution >= 4 is 0 Å². The van der Waals surface area contributed by atoms with Crippen LogP contribution >= 0.6 is 0 Å². The fourth-order valence-electron chi connectivity index (χ4n) is 4.60. The summed E-state index contributed by atoms with van der Waals surface area (Å²) in [5, 5.41) is 29.6. The maximum atomic E-state index is 10.5. The lowest BCUT2D eigenvalue weighted by Crippen LogP contribution is -2.25. The highest BCUT2D eigenvalue weighted by molar-refractivity contribution is 5.25. The van der Waals surface area contributed by atoms with Gasteiger partial charge in [0.1, 0.15) is 0 Å². The maximum absolute atomic E-state index is 10.5. The molecule has 0 aliphatic heterocycles. The van der Waals surface area contributed by atoms with Crippen molar-refractivity contribution < 1.29 is 15.3 Å². The van der Waals surface area contributed by atoms with Gasteiger partial charge in [-0.1, -0.05) is 87.4 Å². The Bertz CT molecular complexity index is 641. The molecule has 0 spiro atoms. The standard InChI is InChI=1S/C27H40O3/c1-26(19-21-28,23-11-5-3-6-12-23)17-9-15-25(30)16-10-18-27(2,20-22-29)24-13-7-4-8-14-24/h3-8,11-14,25,28-30H,9-10,15-22H2,1-2H3. The van der Waals surface area contributed by atoms with Crippen LogP contribution < -0.4 is 0 Å². The summed E-state index contributed by atoms with van der Waals surface area (Å²) in [4.78, 5) is 0. The third kappa shape index (κ3) is 7.23. The predicted octanol–water partition coefficient (Wildman–Crippen LogP) is 5.37. The molecule has 2 atom stereocenters. The highest BCUT2D eigenvalue weighted by atomic mass is 16.3. The van der Waals surface area contributed by atoms with Gasteiger partial charge in [-0.25, -0.2) is 0 Å². The lowest BCUT2D eigenvalue weighted by Gasteiger charge is -2.31. The van der Waals surface area contributed by atoms with Crippen LogP contribution in [-0.2, 0) is 10.8 Å². The van der Waals surface area contributed by atoms with Crippen molar-refractivity contribution in [2.75, 3.05) is 13.2 Å². The average Bonchev–Trinajstić information content (AvgIpc) is 2.75. The lowest BCUT2D eigenvalue weighted by molar-refractivity contribution is 0.138. The molecule has 0 fully saturated rings. The summed E-state index contributed by atoms with van der Waals surface area (Å²) in [6.07, 6.45) is 6.56. The Hall–Kier alpha value is -1.68. The molecule has 2 unspecified atom stereocenters. The van der Waals surface area contributed by atoms with Gasteiger partial charge in [0.2, 0.25) is 0 Å². The Kier molecular flexibility index (Phi) is 10.0. The van der Waals surface area contributed by atoms with Gasteiger partial charge in [0, 0.05) is 13.2 Å². The minimum absolute atomic E-state index is 0.0528. The number of hydrogen-bond acceptors (Lipinski definition) is 3. The molecule has 3 N–H and O–H groups in total. The van der Waals surface area contributed by atoms with E-state index >= 15 is 0 Å². The van der Waals surface area contributed by atoms with Gasteiger partial charge in [0.05, 0.1) is 6.10 Å². The number of rotatable bonds is 14. The monoisotopic (exact) mass is 412 g/mol. The van der Waals surface area contributed by atoms with Crippen LogP contribution in [-0.4, -0.2) is 34.6 Å². The molecule has 3 heteroatoms. The van der Waals surface area contributed by atoms with E-state index < -0.39 is 0 Å². The van der Waals surface area contributed by atoms with Crippen molar-refractivity contribution in [2.24, 2.45) is 0 Å². The van der Waals surface area contributed by atoms with Gasteiger partial charge in [-0.05, 0) is 60.5 Å². The van der Waals surface area contributed by atoms with Crippen LogP contribution in [0, 0.1) is 0 Å². The molecular weight excluding hydrogens is 372 g/mol. The van der Waals surface area contributed by atoms with Crippen molar-refractivity contribution in [2.45, 2.75) is 82.1 Å². The van der Waals surface area contributed by atoms with Gasteiger partial charge in [0.25, 0.3) is 0 Å². The number of aliphatic hydroxyl groups excluding tert-OH is 3. The zero-order valence-corrected chi connectivity index (χ0v) is 18.8. The van der Waals surface area contributed by atoms with Crippen LogP contribution in [0.4, 0.5) is 0 Å². The molecule has 2 rings (SSSR count). The van der Waals surface area contributed by atoms with Crippen LogP contribution in [0.2, 0.25) is 0 Å². The summed E-state index contributed by atoms with van der Waals surface area (Å²) >= 11 is 0. The molecule has 0 radical (unpaired) electrons. The largest absolute Gasteiger partial charge is 0.396 e. The molecule has 166 valence electrons. The van der Waals surface area contributed by atoms with Crippen molar-refractivity contribution in [3.63, 3.8) is 0 Å². The topological polar surface area (TPSA) is 60.7 Å². The summed E-state index contributed by atoms with van der Waals surface area (Å²) < 4.78 is 0. The SMILES string of the molecule is CC(CCO)(CCCC(O)CCCC(C)(CCO)c1ccccc1)c1ccccc1. The van der Waals surface area contributed by atoms with E-state index in [2.05, 4.69) is 62.4 Å². The van der Waals surface area contributed by atoms with Crippen LogP contribution in [0.25, 0.3) is 0 Å². The van der Waals surface area contributed by atoms with Crippen LogP contribution in [0.3, 0.4) is 0 Å². The highest BCUT2D eigenvalue weighted by Gasteiger charge is 2.27. The van der Waals surface area contributed by atoms with Crippen molar-refractivity contribution in [3.05, 3.63) is 71.8 Å². The van der Waals surface area contributed by atoms with E-state index in [1.54, 1.807) is 0 Å². The summed E-state index contributed by atoms with van der Waals surface area (Å²) in [7, 11) is 0. The van der Waals surface area contributed by atoms with Crippen molar-refractivity contribution in [1.29, 1.82) is 0 Å². The zero-order valence-electron chi connectivity index (χ0n) is 18.8. The Balaban J connectivity index is 1.82. The molecule has 0 saturated carbocycles. The molecule has 0 bridgehead atoms. The second kappa shape index (κ2) is 12.2. The molecule has 3 nitrogen and oxygen atoms in total. The summed E-state index contributed by atoms with van der Waals surface area (Å²) in [6.45, 7) is 4.78. The molecule has 0 saturated heterocycles. The first-order valence-electron chi connectivity index (χ1n) is 11.4. The van der Waals surface area contributed by atoms with Crippen LogP contribution in [0.5, 0.6) is 0 Å². The van der Waals surface area contributed by atoms with Crippen molar-refractivity contribution in [3.8, 4) is 0 Å². The fraction of sp³-hybridized carbons (Fsp3) is 0.556. The van der Waals surface area contributed by atoms with Gasteiger partial charge in [-0.3, -0.25) is 0 Å². The Morgan fingerprint density at radius 2 is 1.00 bits per heavy atom. The Morgan fingerprint density at radius 1 is 0.633 bits per heavy atom. The van der Waals surface area contributed by atoms with Gasteiger partial charge in [-0.2, -0.15) is 0 Å². The van der Waals surface area contributed by atoms with Gasteiger partial charge >= 0.3 is 0 Å². The van der Waals surface area contributed by atoms with E-state index in [0.29, 0.717) is 0 Å². The van der Waals surface area contributed by atoms with E-state index in [0.717, 1.165) is 51.4 Å². The fourth-order valence-corrected chi connectivity index (χ4v) is 4.60. The normalized spacial score (nSPS) is 16.6. The quantitative estimate of drug-likeness (QED) is 0.391. The predicted molar refractivity (Wildman–Crippen MR) is 125 cm³/mol. The maximum Gasteiger partial charge on any atom is 0.0540 e. The Morgan fingerprint density at radius 3 is 1.33 bits per heavy atom. The molecule has 30 heavy (non-hydrogen) atoms. The lowest BCUT2D eigenvalue weighted by atomic mass is 9.75. The Labute approximate surface area is 182 Å². The zero-order chi connectivity index (χ0) is 21.9. The van der Waals surface area contributed by atoms with E-state index in [4.69, 9.17) is 0 Å². The minimum atomic E-state index is -0.298. The molecule has 2 aromatic carbocycles. The minimum Gasteiger partial charge on any atom is -0.396 e. The van der Waals surface area contributed by atoms with E-state index in [-0.39, 0.29) is 30.1 Å². The first-order chi connectivity index (χ1) is 14.4. The highest BCUT2D eigenvalue weighted by Crippen LogP contribution is 2.35. The van der Waals surface area contributed by atoms with Gasteiger partial charge in [0.15, 0.2) is 0 Å². The van der Waals surface area contributed by atoms with Crippen LogP contribution in [0.1, 0.15) is 76.3 Å². The molecule has 0 heterocycles. The van der Waals surface area contributed by atoms with E-state index in [1.807, 2.05) is 12.1 Å². The average molecular weight is 413 g/mol. The molecule has 0 aromatic heterocycles. The summed E-state index contributed by atoms with van der Waals surface area (Å²) in [5.41, 5.74) is 2.42. The number of hydrogen-bond donors (Lipinski definition) is 3. The van der Waals surface area contributed by atoms with E-state index in [9.17, 15) is 15.3 Å². The second-order valence-corrected chi connectivity index (χ2v) is 9.24. The van der Waals surface area contributed by atoms with Gasteiger partial charge < -0.3 is 15.3 Å². The van der Waals surface area contributed by atoms with Gasteiger partial charge in [-0.15, -0.1) is 0 Å². The molecule has 0 aliphatic rings. The third-order valence-electron chi connectivity index (χ3n) is 6.80. The number of benzene rings is 2. The van der Waals surface area contributed by atoms with Crippen LogP contribution in [0.15, 0.2) is 60.7 Å². The second-order valence-electron chi connectivity index (χ2n) is 9.24. The summed E-state index contributed by atoms with van der Waals surface area (Å²) in [5.74, 6) is 0. The molecule has 0 aliphatic carbocycles. The summed E-state index contributed by atoms with van der Waals surface area (Å²) in [6, 6.07) is 20.8. The third-order valence-corrected chi connectivity index (χ3v) is 6.80. The molecule has 0 amide bonds. The smallest absolute Gasteiger partial charge is 0.0540 e.